The number of nitrogens with one attached hydrogen (secondary N) is 1. The van der Waals surface area contributed by atoms with Gasteiger partial charge in [-0.25, -0.2) is 13.9 Å². The lowest BCUT2D eigenvalue weighted by atomic mass is 10.2. The summed E-state index contributed by atoms with van der Waals surface area (Å²) in [5, 5.41) is 2.95. The number of carbonyl (C=O) groups excluding carboxylic acids is 2. The number of amides is 1. The van der Waals surface area contributed by atoms with Crippen LogP contribution in [0.5, 0.6) is 11.5 Å². The summed E-state index contributed by atoms with van der Waals surface area (Å²) in [6.07, 6.45) is 0. The molecule has 1 aromatic heterocycles. The Bertz CT molecular complexity index is 1170. The molecule has 1 atom stereocenters. The van der Waals surface area contributed by atoms with E-state index in [1.807, 2.05) is 31.4 Å². The minimum Gasteiger partial charge on any atom is -0.462 e. The first kappa shape index (κ1) is 20.7. The van der Waals surface area contributed by atoms with E-state index in [1.165, 1.54) is 0 Å². The van der Waals surface area contributed by atoms with Crippen LogP contribution in [-0.2, 0) is 16.1 Å². The fraction of sp³-hybridized carbons (Fsp3) is 0.348. The van der Waals surface area contributed by atoms with Crippen molar-refractivity contribution < 1.29 is 28.4 Å². The molecule has 4 rings (SSSR count). The number of hydrogen-bond acceptors (Lipinski definition) is 5. The van der Waals surface area contributed by atoms with E-state index in [0.29, 0.717) is 29.4 Å². The number of esters is 1. The Kier molecular flexibility index (Phi) is 5.54. The van der Waals surface area contributed by atoms with Gasteiger partial charge in [0.1, 0.15) is 0 Å². The maximum Gasteiger partial charge on any atom is 0.338 e. The second-order valence-electron chi connectivity index (χ2n) is 7.32. The van der Waals surface area contributed by atoms with E-state index in [1.54, 1.807) is 37.3 Å². The standard InChI is InChI=1S/C23H25N3O5/c1-5-25-15(4)26(19-11-16(7-9-18(19)25)23(28)29-6-2)14(3)22(27)24-17-8-10-20-21(12-17)31-13-30-20/h7-12,14H,5-6,13H2,1-4H3/p+1/t14-/m0/s1. The zero-order valence-corrected chi connectivity index (χ0v) is 18.1. The van der Waals surface area contributed by atoms with Gasteiger partial charge in [0, 0.05) is 24.7 Å². The van der Waals surface area contributed by atoms with Crippen LogP contribution in [0.15, 0.2) is 36.4 Å². The average molecular weight is 424 g/mol. The molecule has 1 aliphatic heterocycles. The highest BCUT2D eigenvalue weighted by Gasteiger charge is 2.30. The van der Waals surface area contributed by atoms with Crippen molar-refractivity contribution in [2.45, 2.75) is 40.3 Å². The molecule has 1 N–H and O–H groups in total. The van der Waals surface area contributed by atoms with Crippen molar-refractivity contribution in [2.24, 2.45) is 0 Å². The number of carbonyl (C=O) groups is 2. The van der Waals surface area contributed by atoms with Crippen LogP contribution in [0.4, 0.5) is 5.69 Å². The molecule has 0 saturated carbocycles. The quantitative estimate of drug-likeness (QED) is 0.485. The summed E-state index contributed by atoms with van der Waals surface area (Å²) in [6.45, 7) is 8.86. The van der Waals surface area contributed by atoms with E-state index in [-0.39, 0.29) is 18.7 Å². The first-order valence-electron chi connectivity index (χ1n) is 10.4. The van der Waals surface area contributed by atoms with E-state index >= 15 is 0 Å². The Balaban J connectivity index is 1.69. The molecule has 8 heteroatoms. The van der Waals surface area contributed by atoms with E-state index in [0.717, 1.165) is 23.4 Å². The van der Waals surface area contributed by atoms with Gasteiger partial charge in [-0.15, -0.1) is 0 Å². The molecule has 2 aromatic carbocycles. The molecule has 1 aliphatic rings. The van der Waals surface area contributed by atoms with Gasteiger partial charge in [0.15, 0.2) is 28.6 Å². The van der Waals surface area contributed by atoms with E-state index < -0.39 is 6.04 Å². The molecule has 0 bridgehead atoms. The third-order valence-electron chi connectivity index (χ3n) is 5.50. The van der Waals surface area contributed by atoms with Crippen molar-refractivity contribution in [1.29, 1.82) is 0 Å². The molecule has 8 nitrogen and oxygen atoms in total. The number of rotatable bonds is 6. The molecule has 0 radical (unpaired) electrons. The molecule has 0 saturated heterocycles. The second-order valence-corrected chi connectivity index (χ2v) is 7.32. The maximum atomic E-state index is 13.1. The molecular weight excluding hydrogens is 398 g/mol. The van der Waals surface area contributed by atoms with Gasteiger partial charge in [0.25, 0.3) is 11.7 Å². The first-order chi connectivity index (χ1) is 14.9. The number of hydrogen-bond donors (Lipinski definition) is 1. The minimum absolute atomic E-state index is 0.177. The zero-order chi connectivity index (χ0) is 22.1. The number of fused-ring (bicyclic) bond motifs is 2. The van der Waals surface area contributed by atoms with Gasteiger partial charge in [-0.05, 0) is 45.0 Å². The van der Waals surface area contributed by atoms with Gasteiger partial charge in [-0.3, -0.25) is 4.79 Å². The van der Waals surface area contributed by atoms with Crippen molar-refractivity contribution in [3.63, 3.8) is 0 Å². The Labute approximate surface area is 180 Å². The van der Waals surface area contributed by atoms with Crippen molar-refractivity contribution in [3.8, 4) is 11.5 Å². The second kappa shape index (κ2) is 8.29. The summed E-state index contributed by atoms with van der Waals surface area (Å²) in [4.78, 5) is 25.4. The third kappa shape index (κ3) is 3.69. The van der Waals surface area contributed by atoms with Gasteiger partial charge < -0.3 is 19.5 Å². The minimum atomic E-state index is -0.516. The van der Waals surface area contributed by atoms with Crippen molar-refractivity contribution in [1.82, 2.24) is 4.57 Å². The Morgan fingerprint density at radius 1 is 1.16 bits per heavy atom. The lowest BCUT2D eigenvalue weighted by Gasteiger charge is -2.12. The highest BCUT2D eigenvalue weighted by molar-refractivity contribution is 5.96. The van der Waals surface area contributed by atoms with Crippen LogP contribution >= 0.6 is 0 Å². The number of imidazole rings is 1. The van der Waals surface area contributed by atoms with Crippen LogP contribution in [0.2, 0.25) is 0 Å². The molecular formula is C23H26N3O5+. The Hall–Kier alpha value is -3.55. The number of nitrogens with zero attached hydrogens (tertiary/aromatic N) is 2. The molecule has 0 aliphatic carbocycles. The molecule has 0 unspecified atom stereocenters. The van der Waals surface area contributed by atoms with Crippen LogP contribution < -0.4 is 19.4 Å². The van der Waals surface area contributed by atoms with Gasteiger partial charge in [0.05, 0.1) is 18.7 Å². The molecule has 2 heterocycles. The largest absolute Gasteiger partial charge is 0.462 e. The number of aromatic nitrogens is 2. The number of anilines is 1. The molecule has 0 spiro atoms. The highest BCUT2D eigenvalue weighted by Crippen LogP contribution is 2.34. The summed E-state index contributed by atoms with van der Waals surface area (Å²) in [5.41, 5.74) is 2.85. The number of ether oxygens (including phenoxy) is 3. The van der Waals surface area contributed by atoms with Crippen LogP contribution in [0, 0.1) is 6.92 Å². The molecule has 162 valence electrons. The summed E-state index contributed by atoms with van der Waals surface area (Å²) in [5.74, 6) is 1.63. The van der Waals surface area contributed by atoms with Gasteiger partial charge in [-0.2, -0.15) is 0 Å². The monoisotopic (exact) mass is 424 g/mol. The number of benzene rings is 2. The number of aryl methyl sites for hydroxylation is 1. The van der Waals surface area contributed by atoms with Crippen molar-refractivity contribution in [3.05, 3.63) is 47.8 Å². The van der Waals surface area contributed by atoms with Crippen LogP contribution in [-0.4, -0.2) is 29.8 Å². The van der Waals surface area contributed by atoms with Crippen molar-refractivity contribution >= 4 is 28.6 Å². The van der Waals surface area contributed by atoms with E-state index in [4.69, 9.17) is 14.2 Å². The zero-order valence-electron chi connectivity index (χ0n) is 18.1. The van der Waals surface area contributed by atoms with Crippen LogP contribution in [0.25, 0.3) is 11.0 Å². The Morgan fingerprint density at radius 3 is 2.68 bits per heavy atom. The maximum absolute atomic E-state index is 13.1. The van der Waals surface area contributed by atoms with Gasteiger partial charge in [-0.1, -0.05) is 0 Å². The van der Waals surface area contributed by atoms with E-state index in [9.17, 15) is 9.59 Å². The fourth-order valence-corrected chi connectivity index (χ4v) is 3.99. The molecule has 0 fully saturated rings. The third-order valence-corrected chi connectivity index (χ3v) is 5.50. The molecule has 1 amide bonds. The Morgan fingerprint density at radius 2 is 1.94 bits per heavy atom. The summed E-state index contributed by atoms with van der Waals surface area (Å²) in [6, 6.07) is 10.2. The van der Waals surface area contributed by atoms with Gasteiger partial charge >= 0.3 is 5.97 Å². The lowest BCUT2D eigenvalue weighted by Crippen LogP contribution is -2.36. The summed E-state index contributed by atoms with van der Waals surface area (Å²) >= 11 is 0. The SMILES string of the molecule is CCOC(=O)c1ccc2c(c1)n([C@@H](C)C(=O)Nc1ccc3c(c1)OCO3)c(C)[n+]2CC. The van der Waals surface area contributed by atoms with Crippen LogP contribution in [0.1, 0.15) is 43.0 Å². The normalized spacial score (nSPS) is 13.3. The summed E-state index contributed by atoms with van der Waals surface area (Å²) in [7, 11) is 0. The molecule has 31 heavy (non-hydrogen) atoms. The van der Waals surface area contributed by atoms with Gasteiger partial charge in [0.2, 0.25) is 6.79 Å². The predicted molar refractivity (Wildman–Crippen MR) is 114 cm³/mol. The van der Waals surface area contributed by atoms with Crippen LogP contribution in [0.3, 0.4) is 0 Å². The van der Waals surface area contributed by atoms with E-state index in [2.05, 4.69) is 9.88 Å². The fourth-order valence-electron chi connectivity index (χ4n) is 3.99. The molecule has 3 aromatic rings. The van der Waals surface area contributed by atoms with Crippen molar-refractivity contribution in [2.75, 3.05) is 18.7 Å². The topological polar surface area (TPSA) is 82.7 Å². The first-order valence-corrected chi connectivity index (χ1v) is 10.4. The summed E-state index contributed by atoms with van der Waals surface area (Å²) < 4.78 is 19.9. The lowest BCUT2D eigenvalue weighted by molar-refractivity contribution is -0.675. The predicted octanol–water partition coefficient (Wildman–Crippen LogP) is 3.36. The average Bonchev–Trinajstić information content (AvgIpc) is 3.33. The highest BCUT2D eigenvalue weighted by atomic mass is 16.7. The smallest absolute Gasteiger partial charge is 0.338 e.